The van der Waals surface area contributed by atoms with Crippen molar-refractivity contribution in [2.24, 2.45) is 5.92 Å². The number of hydrogen-bond acceptors (Lipinski definition) is 4. The first-order chi connectivity index (χ1) is 15.2. The maximum atomic E-state index is 12.7. The fourth-order valence-electron chi connectivity index (χ4n) is 3.82. The highest BCUT2D eigenvalue weighted by atomic mass is 19.4. The molecule has 1 heterocycles. The van der Waals surface area contributed by atoms with E-state index in [0.717, 1.165) is 29.0 Å². The highest BCUT2D eigenvalue weighted by Crippen LogP contribution is 2.48. The first kappa shape index (κ1) is 20.3. The van der Waals surface area contributed by atoms with Gasteiger partial charge in [0.05, 0.1) is 11.0 Å². The molecule has 166 valence electrons. The van der Waals surface area contributed by atoms with Crippen molar-refractivity contribution in [3.8, 4) is 5.75 Å². The minimum absolute atomic E-state index is 0.0301. The number of rotatable bonds is 6. The van der Waals surface area contributed by atoms with Gasteiger partial charge in [0, 0.05) is 23.6 Å². The Morgan fingerprint density at radius 3 is 2.62 bits per heavy atom. The largest absolute Gasteiger partial charge is 0.573 e. The van der Waals surface area contributed by atoms with Crippen molar-refractivity contribution in [2.45, 2.75) is 37.1 Å². The topological polar surface area (TPSA) is 96.1 Å². The van der Waals surface area contributed by atoms with E-state index in [4.69, 9.17) is 0 Å². The Hall–Kier alpha value is -3.56. The van der Waals surface area contributed by atoms with Crippen LogP contribution in [0.2, 0.25) is 0 Å². The summed E-state index contributed by atoms with van der Waals surface area (Å²) < 4.78 is 41.1. The number of fused-ring (bicyclic) bond motifs is 1. The molecule has 2 fully saturated rings. The summed E-state index contributed by atoms with van der Waals surface area (Å²) in [6.45, 7) is 0. The number of carbonyl (C=O) groups is 2. The van der Waals surface area contributed by atoms with Crippen LogP contribution in [0.1, 0.15) is 31.0 Å². The van der Waals surface area contributed by atoms with E-state index in [2.05, 4.69) is 25.3 Å². The smallest absolute Gasteiger partial charge is 0.406 e. The molecule has 0 spiro atoms. The van der Waals surface area contributed by atoms with E-state index in [1.54, 1.807) is 0 Å². The lowest BCUT2D eigenvalue weighted by Gasteiger charge is -2.18. The Morgan fingerprint density at radius 2 is 1.91 bits per heavy atom. The number of hydrogen-bond donors (Lipinski definition) is 3. The summed E-state index contributed by atoms with van der Waals surface area (Å²) >= 11 is 0. The first-order valence-electron chi connectivity index (χ1n) is 10.2. The van der Waals surface area contributed by atoms with Gasteiger partial charge >= 0.3 is 6.36 Å². The average Bonchev–Trinajstić information content (AvgIpc) is 3.64. The van der Waals surface area contributed by atoms with Crippen LogP contribution in [0.15, 0.2) is 48.5 Å². The molecule has 3 aromatic rings. The SMILES string of the molecule is O=C(NC1(C(=O)Nc2cccc(OC(F)(F)F)c2)CC1)[C@H]1C[C@@H]1c1nc2ccccc2[nH]1. The third-order valence-corrected chi connectivity index (χ3v) is 5.76. The molecular weight excluding hydrogens is 425 g/mol. The molecule has 2 aromatic carbocycles. The zero-order valence-electron chi connectivity index (χ0n) is 16.7. The lowest BCUT2D eigenvalue weighted by atomic mass is 10.2. The van der Waals surface area contributed by atoms with Gasteiger partial charge in [0.25, 0.3) is 0 Å². The highest BCUT2D eigenvalue weighted by molar-refractivity contribution is 6.03. The zero-order valence-corrected chi connectivity index (χ0v) is 16.7. The van der Waals surface area contributed by atoms with Gasteiger partial charge in [-0.25, -0.2) is 4.98 Å². The number of H-pyrrole nitrogens is 1. The molecule has 3 N–H and O–H groups in total. The number of aromatic nitrogens is 2. The number of ether oxygens (including phenoxy) is 1. The van der Waals surface area contributed by atoms with E-state index in [9.17, 15) is 22.8 Å². The van der Waals surface area contributed by atoms with Gasteiger partial charge in [-0.3, -0.25) is 9.59 Å². The molecule has 0 unspecified atom stereocenters. The fourth-order valence-corrected chi connectivity index (χ4v) is 3.82. The minimum atomic E-state index is -4.82. The Bertz CT molecular complexity index is 1170. The number of alkyl halides is 3. The van der Waals surface area contributed by atoms with Gasteiger partial charge in [-0.15, -0.1) is 13.2 Å². The summed E-state index contributed by atoms with van der Waals surface area (Å²) in [5, 5.41) is 5.41. The molecule has 2 aliphatic carbocycles. The molecule has 2 saturated carbocycles. The van der Waals surface area contributed by atoms with Crippen LogP contribution >= 0.6 is 0 Å². The quantitative estimate of drug-likeness (QED) is 0.538. The number of aromatic amines is 1. The van der Waals surface area contributed by atoms with E-state index in [1.807, 2.05) is 24.3 Å². The van der Waals surface area contributed by atoms with Crippen molar-refractivity contribution in [3.05, 3.63) is 54.4 Å². The van der Waals surface area contributed by atoms with Crippen LogP contribution in [-0.4, -0.2) is 33.7 Å². The maximum absolute atomic E-state index is 12.7. The van der Waals surface area contributed by atoms with E-state index < -0.39 is 23.6 Å². The van der Waals surface area contributed by atoms with Crippen LogP contribution in [-0.2, 0) is 9.59 Å². The minimum Gasteiger partial charge on any atom is -0.406 e. The Labute approximate surface area is 180 Å². The van der Waals surface area contributed by atoms with Gasteiger partial charge in [0.15, 0.2) is 0 Å². The summed E-state index contributed by atoms with van der Waals surface area (Å²) in [5.74, 6) is -0.673. The molecule has 2 atom stereocenters. The number of halogens is 3. The van der Waals surface area contributed by atoms with Gasteiger partial charge in [-0.2, -0.15) is 0 Å². The third-order valence-electron chi connectivity index (χ3n) is 5.76. The van der Waals surface area contributed by atoms with Gasteiger partial charge in [0.2, 0.25) is 11.8 Å². The molecule has 0 saturated heterocycles. The Balaban J connectivity index is 1.21. The summed E-state index contributed by atoms with van der Waals surface area (Å²) in [7, 11) is 0. The van der Waals surface area contributed by atoms with Crippen LogP contribution in [0.25, 0.3) is 11.0 Å². The zero-order chi connectivity index (χ0) is 22.5. The standard InChI is InChI=1S/C22H19F3N4O3/c23-22(24,25)32-13-5-3-4-12(10-13)26-20(31)21(8-9-21)29-19(30)15-11-14(15)18-27-16-6-1-2-7-17(16)28-18/h1-7,10,14-15H,8-9,11H2,(H,26,31)(H,27,28)(H,29,30)/t14-,15-/m0/s1. The molecule has 2 aliphatic rings. The maximum Gasteiger partial charge on any atom is 0.573 e. The van der Waals surface area contributed by atoms with Crippen molar-refractivity contribution in [2.75, 3.05) is 5.32 Å². The highest BCUT2D eigenvalue weighted by Gasteiger charge is 2.55. The number of nitrogens with zero attached hydrogens (tertiary/aromatic N) is 1. The van der Waals surface area contributed by atoms with Crippen molar-refractivity contribution in [3.63, 3.8) is 0 Å². The summed E-state index contributed by atoms with van der Waals surface area (Å²) in [6, 6.07) is 12.6. The molecule has 0 bridgehead atoms. The van der Waals surface area contributed by atoms with Crippen LogP contribution in [0.3, 0.4) is 0 Å². The van der Waals surface area contributed by atoms with Gasteiger partial charge < -0.3 is 20.4 Å². The lowest BCUT2D eigenvalue weighted by molar-refractivity contribution is -0.274. The molecule has 32 heavy (non-hydrogen) atoms. The van der Waals surface area contributed by atoms with Crippen molar-refractivity contribution < 1.29 is 27.5 Å². The van der Waals surface area contributed by atoms with Gasteiger partial charge in [0.1, 0.15) is 17.1 Å². The monoisotopic (exact) mass is 444 g/mol. The van der Waals surface area contributed by atoms with Crippen molar-refractivity contribution in [1.82, 2.24) is 15.3 Å². The number of anilines is 1. The second kappa shape index (κ2) is 7.25. The predicted octanol–water partition coefficient (Wildman–Crippen LogP) is 3.85. The Morgan fingerprint density at radius 1 is 1.12 bits per heavy atom. The van der Waals surface area contributed by atoms with E-state index >= 15 is 0 Å². The second-order valence-corrected chi connectivity index (χ2v) is 8.19. The van der Waals surface area contributed by atoms with Crippen molar-refractivity contribution >= 4 is 28.5 Å². The van der Waals surface area contributed by atoms with Crippen LogP contribution in [0.4, 0.5) is 18.9 Å². The van der Waals surface area contributed by atoms with Crippen molar-refractivity contribution in [1.29, 1.82) is 0 Å². The number of nitrogens with one attached hydrogen (secondary N) is 3. The van der Waals surface area contributed by atoms with Crippen LogP contribution in [0, 0.1) is 5.92 Å². The first-order valence-corrected chi connectivity index (χ1v) is 10.2. The predicted molar refractivity (Wildman–Crippen MR) is 109 cm³/mol. The van der Waals surface area contributed by atoms with E-state index in [-0.39, 0.29) is 23.4 Å². The fraction of sp³-hybridized carbons (Fsp3) is 0.318. The second-order valence-electron chi connectivity index (χ2n) is 8.19. The molecule has 1 aromatic heterocycles. The number of benzene rings is 2. The molecule has 0 aliphatic heterocycles. The molecule has 5 rings (SSSR count). The molecule has 0 radical (unpaired) electrons. The average molecular weight is 444 g/mol. The van der Waals surface area contributed by atoms with Gasteiger partial charge in [-0.1, -0.05) is 18.2 Å². The lowest BCUT2D eigenvalue weighted by Crippen LogP contribution is -2.46. The summed E-state index contributed by atoms with van der Waals surface area (Å²) in [6.07, 6.45) is -3.26. The molecule has 2 amide bonds. The van der Waals surface area contributed by atoms with Gasteiger partial charge in [-0.05, 0) is 43.5 Å². The number of carbonyl (C=O) groups excluding carboxylic acids is 2. The Kier molecular flexibility index (Phi) is 4.61. The van der Waals surface area contributed by atoms with Crippen LogP contribution < -0.4 is 15.4 Å². The molecular formula is C22H19F3N4O3. The van der Waals surface area contributed by atoms with E-state index in [0.29, 0.717) is 19.3 Å². The molecule has 10 heteroatoms. The van der Waals surface area contributed by atoms with Crippen LogP contribution in [0.5, 0.6) is 5.75 Å². The summed E-state index contributed by atoms with van der Waals surface area (Å²) in [5.41, 5.74) is 0.856. The normalized spacial score (nSPS) is 21.1. The molecule has 7 nitrogen and oxygen atoms in total. The number of para-hydroxylation sites is 2. The third kappa shape index (κ3) is 4.12. The summed E-state index contributed by atoms with van der Waals surface area (Å²) in [4.78, 5) is 33.3. The van der Waals surface area contributed by atoms with E-state index in [1.165, 1.54) is 12.1 Å². The number of amides is 2. The number of imidazole rings is 1.